The Hall–Kier alpha value is -2.46. The molecule has 146 valence electrons. The molecule has 1 aliphatic heterocycles. The van der Waals surface area contributed by atoms with Gasteiger partial charge in [-0.25, -0.2) is 4.79 Å². The van der Waals surface area contributed by atoms with Crippen molar-refractivity contribution >= 4 is 16.9 Å². The fourth-order valence-electron chi connectivity index (χ4n) is 3.08. The summed E-state index contributed by atoms with van der Waals surface area (Å²) in [6.07, 6.45) is -5.08. The van der Waals surface area contributed by atoms with E-state index in [1.54, 1.807) is 19.1 Å². The summed E-state index contributed by atoms with van der Waals surface area (Å²) in [5.74, 6) is -0.192. The molecule has 0 radical (unpaired) electrons. The summed E-state index contributed by atoms with van der Waals surface area (Å²) in [4.78, 5) is 23.0. The first kappa shape index (κ1) is 19.3. The number of aryl methyl sites for hydroxylation is 1. The third kappa shape index (κ3) is 3.96. The first-order chi connectivity index (χ1) is 12.8. The zero-order valence-corrected chi connectivity index (χ0v) is 14.8. The zero-order valence-electron chi connectivity index (χ0n) is 14.8. The summed E-state index contributed by atoms with van der Waals surface area (Å²) < 4.78 is 16.4. The van der Waals surface area contributed by atoms with Crippen molar-refractivity contribution in [2.75, 3.05) is 6.61 Å². The Labute approximate surface area is 154 Å². The van der Waals surface area contributed by atoms with Crippen LogP contribution in [0.3, 0.4) is 0 Å². The van der Waals surface area contributed by atoms with Crippen LogP contribution in [0.2, 0.25) is 0 Å². The molecule has 0 saturated carbocycles. The topological polar surface area (TPSA) is 138 Å². The van der Waals surface area contributed by atoms with Crippen molar-refractivity contribution < 1.29 is 34.0 Å². The molecule has 0 bridgehead atoms. The van der Waals surface area contributed by atoms with Crippen LogP contribution in [0.1, 0.15) is 12.5 Å². The molecule has 1 amide bonds. The molecule has 2 aromatic rings. The van der Waals surface area contributed by atoms with E-state index in [-0.39, 0.29) is 5.75 Å². The van der Waals surface area contributed by atoms with E-state index < -0.39 is 48.8 Å². The lowest BCUT2D eigenvalue weighted by Gasteiger charge is -2.42. The van der Waals surface area contributed by atoms with Gasteiger partial charge in [-0.2, -0.15) is 0 Å². The van der Waals surface area contributed by atoms with Crippen LogP contribution in [0.15, 0.2) is 33.5 Å². The Morgan fingerprint density at radius 1 is 1.26 bits per heavy atom. The number of aliphatic hydroxyl groups excluding tert-OH is 3. The molecule has 5 atom stereocenters. The molecule has 1 aromatic heterocycles. The Kier molecular flexibility index (Phi) is 5.47. The highest BCUT2D eigenvalue weighted by Gasteiger charge is 2.46. The largest absolute Gasteiger partial charge is 0.462 e. The first-order valence-corrected chi connectivity index (χ1v) is 8.41. The molecule has 9 nitrogen and oxygen atoms in total. The van der Waals surface area contributed by atoms with Crippen molar-refractivity contribution in [3.8, 4) is 5.75 Å². The minimum Gasteiger partial charge on any atom is -0.462 e. The van der Waals surface area contributed by atoms with E-state index in [2.05, 4.69) is 5.32 Å². The SMILES string of the molecule is CC(=O)N[C@@H]1[C@H](Oc2ccc3c(C)cc(=O)oc3c2)O[C@H](CO)[C@@H](O)[C@@H]1O. The van der Waals surface area contributed by atoms with Crippen LogP contribution in [0, 0.1) is 6.92 Å². The van der Waals surface area contributed by atoms with Gasteiger partial charge in [-0.3, -0.25) is 4.79 Å². The molecule has 1 saturated heterocycles. The molecule has 9 heteroatoms. The summed E-state index contributed by atoms with van der Waals surface area (Å²) in [6.45, 7) is 2.48. The van der Waals surface area contributed by atoms with Gasteiger partial charge in [0, 0.05) is 24.4 Å². The van der Waals surface area contributed by atoms with E-state index in [0.717, 1.165) is 10.9 Å². The van der Waals surface area contributed by atoms with Gasteiger partial charge in [-0.15, -0.1) is 0 Å². The van der Waals surface area contributed by atoms with Gasteiger partial charge in [0.05, 0.1) is 6.61 Å². The summed E-state index contributed by atoms with van der Waals surface area (Å²) >= 11 is 0. The maximum absolute atomic E-state index is 11.6. The Balaban J connectivity index is 1.91. The van der Waals surface area contributed by atoms with Gasteiger partial charge >= 0.3 is 5.63 Å². The second-order valence-electron chi connectivity index (χ2n) is 6.46. The van der Waals surface area contributed by atoms with Crippen LogP contribution in [0.25, 0.3) is 11.0 Å². The minimum absolute atomic E-state index is 0.261. The highest BCUT2D eigenvalue weighted by Crippen LogP contribution is 2.27. The molecule has 27 heavy (non-hydrogen) atoms. The van der Waals surface area contributed by atoms with Crippen molar-refractivity contribution in [1.82, 2.24) is 5.32 Å². The number of carbonyl (C=O) groups excluding carboxylic acids is 1. The van der Waals surface area contributed by atoms with Crippen molar-refractivity contribution in [2.24, 2.45) is 0 Å². The molecule has 0 unspecified atom stereocenters. The number of ether oxygens (including phenoxy) is 2. The fraction of sp³-hybridized carbons (Fsp3) is 0.444. The number of fused-ring (bicyclic) bond motifs is 1. The second kappa shape index (κ2) is 7.65. The average molecular weight is 379 g/mol. The Morgan fingerprint density at radius 2 is 2.00 bits per heavy atom. The van der Waals surface area contributed by atoms with Crippen LogP contribution in [0.4, 0.5) is 0 Å². The van der Waals surface area contributed by atoms with E-state index >= 15 is 0 Å². The summed E-state index contributed by atoms with van der Waals surface area (Å²) in [7, 11) is 0. The maximum Gasteiger partial charge on any atom is 0.336 e. The van der Waals surface area contributed by atoms with Crippen LogP contribution in [-0.4, -0.2) is 58.5 Å². The Morgan fingerprint density at radius 3 is 2.67 bits per heavy atom. The van der Waals surface area contributed by atoms with E-state index in [1.165, 1.54) is 19.1 Å². The first-order valence-electron chi connectivity index (χ1n) is 8.41. The van der Waals surface area contributed by atoms with Crippen LogP contribution in [-0.2, 0) is 9.53 Å². The molecule has 0 spiro atoms. The van der Waals surface area contributed by atoms with E-state index in [9.17, 15) is 24.9 Å². The molecule has 1 aromatic carbocycles. The molecule has 4 N–H and O–H groups in total. The Bertz CT molecular complexity index is 895. The molecular formula is C18H21NO8. The van der Waals surface area contributed by atoms with Crippen molar-refractivity contribution in [1.29, 1.82) is 0 Å². The normalized spacial score (nSPS) is 28.1. The van der Waals surface area contributed by atoms with Gasteiger partial charge in [0.25, 0.3) is 0 Å². The number of hydrogen-bond donors (Lipinski definition) is 4. The number of nitrogens with one attached hydrogen (secondary N) is 1. The lowest BCUT2D eigenvalue weighted by molar-refractivity contribution is -0.244. The number of rotatable bonds is 4. The molecule has 3 rings (SSSR count). The van der Waals surface area contributed by atoms with Crippen molar-refractivity contribution in [3.63, 3.8) is 0 Å². The standard InChI is InChI=1S/C18H21NO8/c1-8-5-14(22)26-12-6-10(3-4-11(8)12)25-18-15(19-9(2)21)17(24)16(23)13(7-20)27-18/h3-6,13,15-18,20,23-24H,7H2,1-2H3,(H,19,21)/t13-,15+,16-,17-,18-/m1/s1. The highest BCUT2D eigenvalue weighted by molar-refractivity contribution is 5.81. The lowest BCUT2D eigenvalue weighted by Crippen LogP contribution is -2.65. The van der Waals surface area contributed by atoms with Gasteiger partial charge in [0.1, 0.15) is 35.7 Å². The quantitative estimate of drug-likeness (QED) is 0.518. The third-order valence-electron chi connectivity index (χ3n) is 4.43. The number of amides is 1. The van der Waals surface area contributed by atoms with Crippen LogP contribution >= 0.6 is 0 Å². The predicted molar refractivity (Wildman–Crippen MR) is 93.2 cm³/mol. The average Bonchev–Trinajstić information content (AvgIpc) is 2.60. The molecule has 2 heterocycles. The monoisotopic (exact) mass is 379 g/mol. The summed E-state index contributed by atoms with van der Waals surface area (Å²) in [5.41, 5.74) is 0.557. The van der Waals surface area contributed by atoms with Gasteiger partial charge < -0.3 is 34.5 Å². The number of carbonyl (C=O) groups is 1. The molecule has 0 aliphatic carbocycles. The van der Waals surface area contributed by atoms with E-state index in [0.29, 0.717) is 5.58 Å². The lowest BCUT2D eigenvalue weighted by atomic mass is 9.97. The smallest absolute Gasteiger partial charge is 0.336 e. The minimum atomic E-state index is -1.41. The number of benzene rings is 1. The summed E-state index contributed by atoms with van der Waals surface area (Å²) in [5, 5.41) is 32.9. The van der Waals surface area contributed by atoms with E-state index in [4.69, 9.17) is 13.9 Å². The van der Waals surface area contributed by atoms with Crippen molar-refractivity contribution in [2.45, 2.75) is 44.5 Å². The van der Waals surface area contributed by atoms with Gasteiger partial charge in [0.15, 0.2) is 0 Å². The highest BCUT2D eigenvalue weighted by atomic mass is 16.7. The van der Waals surface area contributed by atoms with Gasteiger partial charge in [-0.05, 0) is 24.6 Å². The second-order valence-corrected chi connectivity index (χ2v) is 6.46. The number of hydrogen-bond acceptors (Lipinski definition) is 8. The molecule has 1 fully saturated rings. The predicted octanol–water partition coefficient (Wildman–Crippen LogP) is -0.576. The zero-order chi connectivity index (χ0) is 19.7. The molecular weight excluding hydrogens is 358 g/mol. The van der Waals surface area contributed by atoms with Gasteiger partial charge in [0.2, 0.25) is 12.2 Å². The van der Waals surface area contributed by atoms with Crippen LogP contribution in [0.5, 0.6) is 5.75 Å². The van der Waals surface area contributed by atoms with Gasteiger partial charge in [-0.1, -0.05) is 0 Å². The van der Waals surface area contributed by atoms with E-state index in [1.807, 2.05) is 0 Å². The van der Waals surface area contributed by atoms with Crippen LogP contribution < -0.4 is 15.7 Å². The third-order valence-corrected chi connectivity index (χ3v) is 4.43. The van der Waals surface area contributed by atoms with Crippen molar-refractivity contribution in [3.05, 3.63) is 40.2 Å². The maximum atomic E-state index is 11.6. The fourth-order valence-corrected chi connectivity index (χ4v) is 3.08. The number of aliphatic hydroxyl groups is 3. The molecule has 1 aliphatic rings. The summed E-state index contributed by atoms with van der Waals surface area (Å²) in [6, 6.07) is 5.12.